The summed E-state index contributed by atoms with van der Waals surface area (Å²) in [6, 6.07) is 9.56. The average molecular weight is 368 g/mol. The van der Waals surface area contributed by atoms with E-state index in [0.29, 0.717) is 6.42 Å². The SMILES string of the molecule is Cn1nc2c(cc1=O)C[C@H](C(=O)Nc1ccc(N3CCOCC3)cc1)CC2. The van der Waals surface area contributed by atoms with Crippen LogP contribution in [0.5, 0.6) is 0 Å². The zero-order valence-electron chi connectivity index (χ0n) is 15.5. The molecule has 1 N–H and O–H groups in total. The molecule has 7 nitrogen and oxygen atoms in total. The number of hydrogen-bond donors (Lipinski definition) is 1. The normalized spacial score (nSPS) is 19.4. The highest BCUT2D eigenvalue weighted by molar-refractivity contribution is 5.93. The van der Waals surface area contributed by atoms with E-state index in [0.717, 1.165) is 61.8 Å². The molecule has 1 saturated heterocycles. The Balaban J connectivity index is 1.40. The number of rotatable bonds is 3. The first-order chi connectivity index (χ1) is 13.1. The van der Waals surface area contributed by atoms with Gasteiger partial charge in [-0.05, 0) is 49.1 Å². The molecule has 1 aliphatic heterocycles. The zero-order chi connectivity index (χ0) is 18.8. The molecule has 2 heterocycles. The maximum Gasteiger partial charge on any atom is 0.266 e. The second-order valence-corrected chi connectivity index (χ2v) is 7.15. The Morgan fingerprint density at radius 3 is 2.70 bits per heavy atom. The predicted octanol–water partition coefficient (Wildman–Crippen LogP) is 1.36. The Hall–Kier alpha value is -2.67. The van der Waals surface area contributed by atoms with Crippen molar-refractivity contribution in [2.75, 3.05) is 36.5 Å². The smallest absolute Gasteiger partial charge is 0.266 e. The van der Waals surface area contributed by atoms with Crippen molar-refractivity contribution in [2.45, 2.75) is 19.3 Å². The maximum absolute atomic E-state index is 12.7. The predicted molar refractivity (Wildman–Crippen MR) is 103 cm³/mol. The minimum absolute atomic E-state index is 0.000416. The monoisotopic (exact) mass is 368 g/mol. The van der Waals surface area contributed by atoms with Gasteiger partial charge < -0.3 is 15.0 Å². The molecule has 0 spiro atoms. The number of nitrogens with zero attached hydrogens (tertiary/aromatic N) is 3. The summed E-state index contributed by atoms with van der Waals surface area (Å²) in [4.78, 5) is 26.8. The van der Waals surface area contributed by atoms with Crippen LogP contribution >= 0.6 is 0 Å². The lowest BCUT2D eigenvalue weighted by Crippen LogP contribution is -2.36. The van der Waals surface area contributed by atoms with Gasteiger partial charge in [-0.25, -0.2) is 4.68 Å². The van der Waals surface area contributed by atoms with Gasteiger partial charge in [0.2, 0.25) is 5.91 Å². The van der Waals surface area contributed by atoms with E-state index in [2.05, 4.69) is 15.3 Å². The molecular weight excluding hydrogens is 344 g/mol. The van der Waals surface area contributed by atoms with E-state index in [4.69, 9.17) is 4.74 Å². The molecule has 7 heteroatoms. The third-order valence-electron chi connectivity index (χ3n) is 5.34. The molecular formula is C20H24N4O3. The molecule has 4 rings (SSSR count). The first-order valence-corrected chi connectivity index (χ1v) is 9.40. The van der Waals surface area contributed by atoms with Crippen LogP contribution < -0.4 is 15.8 Å². The van der Waals surface area contributed by atoms with E-state index in [1.54, 1.807) is 13.1 Å². The van der Waals surface area contributed by atoms with Gasteiger partial charge in [0, 0.05) is 43.5 Å². The summed E-state index contributed by atoms with van der Waals surface area (Å²) >= 11 is 0. The minimum Gasteiger partial charge on any atom is -0.378 e. The molecule has 142 valence electrons. The van der Waals surface area contributed by atoms with Crippen molar-refractivity contribution in [3.63, 3.8) is 0 Å². The van der Waals surface area contributed by atoms with Crippen molar-refractivity contribution in [3.8, 4) is 0 Å². The summed E-state index contributed by atoms with van der Waals surface area (Å²) in [7, 11) is 1.65. The van der Waals surface area contributed by atoms with Crippen molar-refractivity contribution in [1.82, 2.24) is 9.78 Å². The number of benzene rings is 1. The number of morpholine rings is 1. The zero-order valence-corrected chi connectivity index (χ0v) is 15.5. The van der Waals surface area contributed by atoms with Crippen LogP contribution in [-0.4, -0.2) is 42.0 Å². The Labute approximate surface area is 157 Å². The van der Waals surface area contributed by atoms with E-state index in [1.807, 2.05) is 24.3 Å². The highest BCUT2D eigenvalue weighted by Crippen LogP contribution is 2.25. The largest absolute Gasteiger partial charge is 0.378 e. The molecule has 0 bridgehead atoms. The number of nitrogens with one attached hydrogen (secondary N) is 1. The number of aromatic nitrogens is 2. The van der Waals surface area contributed by atoms with E-state index in [9.17, 15) is 9.59 Å². The molecule has 1 amide bonds. The van der Waals surface area contributed by atoms with Gasteiger partial charge in [0.05, 0.1) is 18.9 Å². The molecule has 1 atom stereocenters. The summed E-state index contributed by atoms with van der Waals surface area (Å²) in [6.07, 6.45) is 2.03. The molecule has 1 aliphatic carbocycles. The third-order valence-corrected chi connectivity index (χ3v) is 5.34. The second kappa shape index (κ2) is 7.52. The Kier molecular flexibility index (Phi) is 4.94. The number of aryl methyl sites for hydroxylation is 2. The number of carbonyl (C=O) groups is 1. The first kappa shape index (κ1) is 17.7. The minimum atomic E-state index is -0.134. The lowest BCUT2D eigenvalue weighted by Gasteiger charge is -2.29. The first-order valence-electron chi connectivity index (χ1n) is 9.40. The highest BCUT2D eigenvalue weighted by Gasteiger charge is 2.26. The van der Waals surface area contributed by atoms with Gasteiger partial charge in [0.1, 0.15) is 0 Å². The van der Waals surface area contributed by atoms with Crippen molar-refractivity contribution in [3.05, 3.63) is 51.9 Å². The van der Waals surface area contributed by atoms with Crippen LogP contribution in [0.25, 0.3) is 0 Å². The number of amides is 1. The van der Waals surface area contributed by atoms with Crippen LogP contribution in [0, 0.1) is 5.92 Å². The molecule has 1 aromatic carbocycles. The third kappa shape index (κ3) is 3.88. The summed E-state index contributed by atoms with van der Waals surface area (Å²) < 4.78 is 6.74. The van der Waals surface area contributed by atoms with Crippen LogP contribution in [0.3, 0.4) is 0 Å². The van der Waals surface area contributed by atoms with Gasteiger partial charge in [-0.2, -0.15) is 5.10 Å². The molecule has 0 radical (unpaired) electrons. The van der Waals surface area contributed by atoms with Crippen LogP contribution in [0.4, 0.5) is 11.4 Å². The molecule has 27 heavy (non-hydrogen) atoms. The van der Waals surface area contributed by atoms with Crippen molar-refractivity contribution >= 4 is 17.3 Å². The van der Waals surface area contributed by atoms with Crippen molar-refractivity contribution in [1.29, 1.82) is 0 Å². The van der Waals surface area contributed by atoms with E-state index in [-0.39, 0.29) is 17.4 Å². The second-order valence-electron chi connectivity index (χ2n) is 7.15. The fraction of sp³-hybridized carbons (Fsp3) is 0.450. The van der Waals surface area contributed by atoms with E-state index in [1.165, 1.54) is 4.68 Å². The fourth-order valence-electron chi connectivity index (χ4n) is 3.73. The molecule has 2 aromatic rings. The summed E-state index contributed by atoms with van der Waals surface area (Å²) in [5, 5.41) is 7.32. The average Bonchev–Trinajstić information content (AvgIpc) is 2.70. The topological polar surface area (TPSA) is 76.5 Å². The number of carbonyl (C=O) groups excluding carboxylic acids is 1. The van der Waals surface area contributed by atoms with Gasteiger partial charge in [-0.15, -0.1) is 0 Å². The number of ether oxygens (including phenoxy) is 1. The maximum atomic E-state index is 12.7. The molecule has 0 unspecified atom stereocenters. The van der Waals surface area contributed by atoms with Crippen molar-refractivity contribution in [2.24, 2.45) is 13.0 Å². The van der Waals surface area contributed by atoms with Crippen LogP contribution in [0.15, 0.2) is 35.1 Å². The molecule has 0 saturated carbocycles. The standard InChI is InChI=1S/C20H24N4O3/c1-23-19(25)13-15-12-14(2-7-18(15)22-23)20(26)21-16-3-5-17(6-4-16)24-8-10-27-11-9-24/h3-6,13-14H,2,7-12H2,1H3,(H,21,26)/t14-/m1/s1. The van der Waals surface area contributed by atoms with Crippen LogP contribution in [-0.2, 0) is 29.4 Å². The van der Waals surface area contributed by atoms with Crippen molar-refractivity contribution < 1.29 is 9.53 Å². The van der Waals surface area contributed by atoms with Gasteiger partial charge in [-0.3, -0.25) is 9.59 Å². The van der Waals surface area contributed by atoms with Crippen LogP contribution in [0.2, 0.25) is 0 Å². The summed E-state index contributed by atoms with van der Waals surface area (Å²) in [6.45, 7) is 3.28. The van der Waals surface area contributed by atoms with Gasteiger partial charge in [0.15, 0.2) is 0 Å². The van der Waals surface area contributed by atoms with Gasteiger partial charge in [0.25, 0.3) is 5.56 Å². The van der Waals surface area contributed by atoms with E-state index >= 15 is 0 Å². The number of hydrogen-bond acceptors (Lipinski definition) is 5. The van der Waals surface area contributed by atoms with E-state index < -0.39 is 0 Å². The Morgan fingerprint density at radius 2 is 1.96 bits per heavy atom. The highest BCUT2D eigenvalue weighted by atomic mass is 16.5. The van der Waals surface area contributed by atoms with Crippen LogP contribution in [0.1, 0.15) is 17.7 Å². The van der Waals surface area contributed by atoms with Gasteiger partial charge in [-0.1, -0.05) is 0 Å². The van der Waals surface area contributed by atoms with Gasteiger partial charge >= 0.3 is 0 Å². The molecule has 1 fully saturated rings. The quantitative estimate of drug-likeness (QED) is 0.885. The lowest BCUT2D eigenvalue weighted by molar-refractivity contribution is -0.120. The number of fused-ring (bicyclic) bond motifs is 1. The Bertz CT molecular complexity index is 885. The molecule has 1 aromatic heterocycles. The summed E-state index contributed by atoms with van der Waals surface area (Å²) in [5.74, 6) is -0.134. The number of anilines is 2. The Morgan fingerprint density at radius 1 is 1.22 bits per heavy atom. The fourth-order valence-corrected chi connectivity index (χ4v) is 3.73. The molecule has 2 aliphatic rings. The summed E-state index contributed by atoms with van der Waals surface area (Å²) in [5.41, 5.74) is 3.63. The lowest BCUT2D eigenvalue weighted by atomic mass is 9.86.